The van der Waals surface area contributed by atoms with Gasteiger partial charge in [0.15, 0.2) is 0 Å². The molecule has 3 amide bonds. The lowest BCUT2D eigenvalue weighted by atomic mass is 9.81. The number of nitrogens with one attached hydrogen (secondary N) is 2. The number of halogens is 1. The molecule has 3 aliphatic rings. The number of carbonyl (C=O) groups is 3. The second kappa shape index (κ2) is 7.83. The number of rotatable bonds is 4. The Kier molecular flexibility index (Phi) is 6.26. The van der Waals surface area contributed by atoms with E-state index in [1.807, 2.05) is 0 Å². The summed E-state index contributed by atoms with van der Waals surface area (Å²) < 4.78 is 0. The number of imide groups is 1. The van der Waals surface area contributed by atoms with E-state index in [0.29, 0.717) is 6.54 Å². The highest BCUT2D eigenvalue weighted by molar-refractivity contribution is 6.07. The maximum atomic E-state index is 12.4. The summed E-state index contributed by atoms with van der Waals surface area (Å²) in [5, 5.41) is 6.25. The quantitative estimate of drug-likeness (QED) is 0.738. The molecule has 0 radical (unpaired) electrons. The molecule has 2 N–H and O–H groups in total. The number of hydrogen-bond donors (Lipinski definition) is 2. The third kappa shape index (κ3) is 3.91. The second-order valence-corrected chi connectivity index (χ2v) is 7.60. The number of piperidine rings is 1. The van der Waals surface area contributed by atoms with Crippen molar-refractivity contribution < 1.29 is 14.4 Å². The Balaban J connectivity index is 0.00000208. The summed E-state index contributed by atoms with van der Waals surface area (Å²) in [6.07, 6.45) is 5.65. The van der Waals surface area contributed by atoms with Crippen molar-refractivity contribution in [1.82, 2.24) is 15.5 Å². The van der Waals surface area contributed by atoms with Crippen molar-refractivity contribution in [2.24, 2.45) is 17.3 Å². The predicted octanol–water partition coefficient (Wildman–Crippen LogP) is 1.09. The monoisotopic (exact) mass is 357 g/mol. The normalized spacial score (nSPS) is 29.0. The topological polar surface area (TPSA) is 78.5 Å². The highest BCUT2D eigenvalue weighted by Gasteiger charge is 2.48. The molecule has 2 saturated heterocycles. The van der Waals surface area contributed by atoms with Crippen molar-refractivity contribution in [2.75, 3.05) is 26.2 Å². The molecule has 0 aromatic carbocycles. The van der Waals surface area contributed by atoms with Gasteiger partial charge in [-0.25, -0.2) is 0 Å². The Morgan fingerprint density at radius 3 is 2.25 bits per heavy atom. The molecule has 136 valence electrons. The lowest BCUT2D eigenvalue weighted by Gasteiger charge is -2.34. The SMILES string of the molecule is CC1(CNC(=O)CN2C(=O)C3CCCCC3C2=O)CCNCC1.Cl. The van der Waals surface area contributed by atoms with Crippen LogP contribution in [0.1, 0.15) is 45.4 Å². The van der Waals surface area contributed by atoms with Gasteiger partial charge in [0.2, 0.25) is 17.7 Å². The second-order valence-electron chi connectivity index (χ2n) is 7.60. The third-order valence-electron chi connectivity index (χ3n) is 5.76. The van der Waals surface area contributed by atoms with Crippen molar-refractivity contribution in [1.29, 1.82) is 0 Å². The van der Waals surface area contributed by atoms with Crippen molar-refractivity contribution >= 4 is 30.1 Å². The van der Waals surface area contributed by atoms with Crippen LogP contribution >= 0.6 is 12.4 Å². The molecular formula is C17H28ClN3O3. The van der Waals surface area contributed by atoms with Gasteiger partial charge in [-0.15, -0.1) is 12.4 Å². The Hall–Kier alpha value is -1.14. The molecule has 2 heterocycles. The molecule has 2 unspecified atom stereocenters. The van der Waals surface area contributed by atoms with Gasteiger partial charge < -0.3 is 10.6 Å². The summed E-state index contributed by atoms with van der Waals surface area (Å²) >= 11 is 0. The minimum Gasteiger partial charge on any atom is -0.354 e. The molecule has 1 saturated carbocycles. The predicted molar refractivity (Wildman–Crippen MR) is 92.6 cm³/mol. The Morgan fingerprint density at radius 2 is 1.71 bits per heavy atom. The zero-order valence-electron chi connectivity index (χ0n) is 14.3. The minimum atomic E-state index is -0.217. The van der Waals surface area contributed by atoms with Gasteiger partial charge in [-0.1, -0.05) is 19.8 Å². The number of nitrogens with zero attached hydrogens (tertiary/aromatic N) is 1. The molecule has 3 fully saturated rings. The fraction of sp³-hybridized carbons (Fsp3) is 0.824. The number of likely N-dealkylation sites (tertiary alicyclic amines) is 1. The highest BCUT2D eigenvalue weighted by Crippen LogP contribution is 2.37. The zero-order chi connectivity index (χ0) is 16.4. The van der Waals surface area contributed by atoms with Crippen LogP contribution in [0.15, 0.2) is 0 Å². The molecule has 2 aliphatic heterocycles. The summed E-state index contributed by atoms with van der Waals surface area (Å²) in [4.78, 5) is 38.1. The lowest BCUT2D eigenvalue weighted by Crippen LogP contribution is -2.46. The molecule has 24 heavy (non-hydrogen) atoms. The van der Waals surface area contributed by atoms with Crippen LogP contribution in [0, 0.1) is 17.3 Å². The van der Waals surface area contributed by atoms with Crippen molar-refractivity contribution in [3.8, 4) is 0 Å². The van der Waals surface area contributed by atoms with Gasteiger partial charge in [-0.3, -0.25) is 19.3 Å². The molecule has 1 aliphatic carbocycles. The molecular weight excluding hydrogens is 330 g/mol. The first-order valence-corrected chi connectivity index (χ1v) is 8.83. The number of hydrogen-bond acceptors (Lipinski definition) is 4. The smallest absolute Gasteiger partial charge is 0.240 e. The fourth-order valence-electron chi connectivity index (χ4n) is 4.11. The van der Waals surface area contributed by atoms with E-state index in [9.17, 15) is 14.4 Å². The average molecular weight is 358 g/mol. The first kappa shape index (κ1) is 19.2. The van der Waals surface area contributed by atoms with E-state index in [1.165, 1.54) is 4.90 Å². The summed E-state index contributed by atoms with van der Waals surface area (Å²) in [7, 11) is 0. The van der Waals surface area contributed by atoms with Crippen LogP contribution in [0.4, 0.5) is 0 Å². The molecule has 0 aromatic rings. The van der Waals surface area contributed by atoms with Gasteiger partial charge >= 0.3 is 0 Å². The fourth-order valence-corrected chi connectivity index (χ4v) is 4.11. The molecule has 0 bridgehead atoms. The van der Waals surface area contributed by atoms with Crippen LogP contribution in [-0.4, -0.2) is 48.8 Å². The summed E-state index contributed by atoms with van der Waals surface area (Å²) in [6.45, 7) is 4.61. The number of carbonyl (C=O) groups excluding carboxylic acids is 3. The van der Waals surface area contributed by atoms with Gasteiger partial charge in [0, 0.05) is 6.54 Å². The molecule has 0 spiro atoms. The standard InChI is InChI=1S/C17H27N3O3.ClH/c1-17(6-8-18-9-7-17)11-19-14(21)10-20-15(22)12-4-2-3-5-13(12)16(20)23;/h12-13,18H,2-11H2,1H3,(H,19,21);1H. The maximum Gasteiger partial charge on any atom is 0.240 e. The van der Waals surface area contributed by atoms with Crippen LogP contribution in [0.25, 0.3) is 0 Å². The Bertz CT molecular complexity index is 481. The van der Waals surface area contributed by atoms with Crippen LogP contribution in [0.3, 0.4) is 0 Å². The van der Waals surface area contributed by atoms with Crippen molar-refractivity contribution in [2.45, 2.75) is 45.4 Å². The van der Waals surface area contributed by atoms with E-state index < -0.39 is 0 Å². The zero-order valence-corrected chi connectivity index (χ0v) is 15.1. The minimum absolute atomic E-state index is 0. The third-order valence-corrected chi connectivity index (χ3v) is 5.76. The summed E-state index contributed by atoms with van der Waals surface area (Å²) in [6, 6.07) is 0. The Morgan fingerprint density at radius 1 is 1.17 bits per heavy atom. The van der Waals surface area contributed by atoms with Crippen LogP contribution < -0.4 is 10.6 Å². The molecule has 3 rings (SSSR count). The van der Waals surface area contributed by atoms with E-state index in [1.54, 1.807) is 0 Å². The van der Waals surface area contributed by atoms with Gasteiger partial charge in [0.1, 0.15) is 6.54 Å². The van der Waals surface area contributed by atoms with Gasteiger partial charge in [-0.05, 0) is 44.2 Å². The van der Waals surface area contributed by atoms with Crippen molar-refractivity contribution in [3.63, 3.8) is 0 Å². The van der Waals surface area contributed by atoms with E-state index in [4.69, 9.17) is 0 Å². The van der Waals surface area contributed by atoms with E-state index in [-0.39, 0.29) is 53.9 Å². The maximum absolute atomic E-state index is 12.4. The number of amides is 3. The molecule has 0 aromatic heterocycles. The number of fused-ring (bicyclic) bond motifs is 1. The average Bonchev–Trinajstić information content (AvgIpc) is 2.79. The molecule has 7 heteroatoms. The van der Waals surface area contributed by atoms with Crippen LogP contribution in [-0.2, 0) is 14.4 Å². The van der Waals surface area contributed by atoms with Gasteiger partial charge in [0.05, 0.1) is 11.8 Å². The van der Waals surface area contributed by atoms with Crippen LogP contribution in [0.2, 0.25) is 0 Å². The molecule has 6 nitrogen and oxygen atoms in total. The van der Waals surface area contributed by atoms with Gasteiger partial charge in [-0.2, -0.15) is 0 Å². The van der Waals surface area contributed by atoms with Crippen LogP contribution in [0.5, 0.6) is 0 Å². The highest BCUT2D eigenvalue weighted by atomic mass is 35.5. The summed E-state index contributed by atoms with van der Waals surface area (Å²) in [5.74, 6) is -0.840. The summed E-state index contributed by atoms with van der Waals surface area (Å²) in [5.41, 5.74) is 0.105. The lowest BCUT2D eigenvalue weighted by molar-refractivity contribution is -0.143. The molecule has 2 atom stereocenters. The van der Waals surface area contributed by atoms with Crippen molar-refractivity contribution in [3.05, 3.63) is 0 Å². The largest absolute Gasteiger partial charge is 0.354 e. The van der Waals surface area contributed by atoms with E-state index >= 15 is 0 Å². The Labute approximate surface area is 149 Å². The van der Waals surface area contributed by atoms with Gasteiger partial charge in [0.25, 0.3) is 0 Å². The first-order valence-electron chi connectivity index (χ1n) is 8.83. The van der Waals surface area contributed by atoms with E-state index in [2.05, 4.69) is 17.6 Å². The van der Waals surface area contributed by atoms with E-state index in [0.717, 1.165) is 51.6 Å². The first-order chi connectivity index (χ1) is 11.0.